The molecule has 3 aromatic rings. The number of benzene rings is 3. The Morgan fingerprint density at radius 3 is 2.41 bits per heavy atom. The van der Waals surface area contributed by atoms with E-state index < -0.39 is 17.8 Å². The molecule has 11 heteroatoms. The number of hydrazone groups is 1. The highest BCUT2D eigenvalue weighted by Gasteiger charge is 2.16. The molecule has 0 aliphatic carbocycles. The van der Waals surface area contributed by atoms with Crippen molar-refractivity contribution in [2.24, 2.45) is 5.10 Å². The summed E-state index contributed by atoms with van der Waals surface area (Å²) in [6.45, 7) is 2.12. The first kappa shape index (κ1) is 27.5. The smallest absolute Gasteiger partial charge is 0.345 e. The topological polar surface area (TPSA) is 115 Å². The van der Waals surface area contributed by atoms with Gasteiger partial charge in [0.05, 0.1) is 37.1 Å². The number of carbonyl (C=O) groups excluding carboxylic acids is 3. The van der Waals surface area contributed by atoms with Gasteiger partial charge in [-0.3, -0.25) is 9.59 Å². The van der Waals surface area contributed by atoms with E-state index in [4.69, 9.17) is 37.4 Å². The molecule has 0 fully saturated rings. The van der Waals surface area contributed by atoms with Crippen molar-refractivity contribution < 1.29 is 28.6 Å². The number of rotatable bonds is 10. The molecule has 0 aliphatic heterocycles. The Bertz CT molecular complexity index is 1310. The molecule has 3 rings (SSSR count). The van der Waals surface area contributed by atoms with E-state index in [2.05, 4.69) is 15.8 Å². The van der Waals surface area contributed by atoms with Gasteiger partial charge in [0, 0.05) is 10.6 Å². The normalized spacial score (nSPS) is 10.6. The van der Waals surface area contributed by atoms with Gasteiger partial charge in [0.15, 0.2) is 11.5 Å². The highest BCUT2D eigenvalue weighted by Crippen LogP contribution is 2.30. The van der Waals surface area contributed by atoms with Crippen LogP contribution in [0.15, 0.2) is 65.8 Å². The van der Waals surface area contributed by atoms with E-state index in [1.54, 1.807) is 36.4 Å². The summed E-state index contributed by atoms with van der Waals surface area (Å²) < 4.78 is 16.0. The maximum absolute atomic E-state index is 12.5. The zero-order valence-electron chi connectivity index (χ0n) is 19.9. The SMILES string of the molecule is CCOc1ccc(C(=O)NCC(=O)N/N=C\c2ccc(OC(=O)c3ccc(Cl)cc3Cl)c(OC)c2)cc1. The molecule has 0 aliphatic rings. The van der Waals surface area contributed by atoms with Crippen molar-refractivity contribution in [2.75, 3.05) is 20.3 Å². The summed E-state index contributed by atoms with van der Waals surface area (Å²) >= 11 is 11.9. The van der Waals surface area contributed by atoms with E-state index in [9.17, 15) is 14.4 Å². The third-order valence-electron chi connectivity index (χ3n) is 4.78. The number of methoxy groups -OCH3 is 1. The lowest BCUT2D eigenvalue weighted by Crippen LogP contribution is -2.34. The van der Waals surface area contributed by atoms with Crippen molar-refractivity contribution in [2.45, 2.75) is 6.92 Å². The molecular formula is C26H23Cl2N3O6. The minimum atomic E-state index is -0.680. The van der Waals surface area contributed by atoms with Crippen molar-refractivity contribution in [1.29, 1.82) is 0 Å². The number of nitrogens with zero attached hydrogens (tertiary/aromatic N) is 1. The van der Waals surface area contributed by atoms with Crippen LogP contribution in [0.2, 0.25) is 10.0 Å². The summed E-state index contributed by atoms with van der Waals surface area (Å²) in [6, 6.07) is 15.7. The van der Waals surface area contributed by atoms with Gasteiger partial charge in [0.25, 0.3) is 11.8 Å². The first-order chi connectivity index (χ1) is 17.8. The average molecular weight is 544 g/mol. The van der Waals surface area contributed by atoms with Gasteiger partial charge in [-0.05, 0) is 73.2 Å². The maximum atomic E-state index is 12.5. The van der Waals surface area contributed by atoms with Crippen molar-refractivity contribution in [3.05, 3.63) is 87.4 Å². The highest BCUT2D eigenvalue weighted by molar-refractivity contribution is 6.36. The number of carbonyl (C=O) groups is 3. The van der Waals surface area contributed by atoms with Crippen LogP contribution in [0.25, 0.3) is 0 Å². The number of hydrogen-bond donors (Lipinski definition) is 2. The molecule has 0 bridgehead atoms. The second-order valence-corrected chi connectivity index (χ2v) is 8.20. The van der Waals surface area contributed by atoms with E-state index in [1.807, 2.05) is 6.92 Å². The van der Waals surface area contributed by atoms with Crippen LogP contribution < -0.4 is 25.0 Å². The van der Waals surface area contributed by atoms with Crippen LogP contribution in [0.4, 0.5) is 0 Å². The monoisotopic (exact) mass is 543 g/mol. The summed E-state index contributed by atoms with van der Waals surface area (Å²) in [7, 11) is 1.41. The lowest BCUT2D eigenvalue weighted by atomic mass is 10.2. The van der Waals surface area contributed by atoms with Gasteiger partial charge < -0.3 is 19.5 Å². The predicted molar refractivity (Wildman–Crippen MR) is 140 cm³/mol. The van der Waals surface area contributed by atoms with E-state index >= 15 is 0 Å². The first-order valence-corrected chi connectivity index (χ1v) is 11.7. The lowest BCUT2D eigenvalue weighted by molar-refractivity contribution is -0.120. The summed E-state index contributed by atoms with van der Waals surface area (Å²) in [4.78, 5) is 36.7. The van der Waals surface area contributed by atoms with E-state index in [0.29, 0.717) is 28.5 Å². The molecule has 0 radical (unpaired) electrons. The van der Waals surface area contributed by atoms with Crippen LogP contribution in [0, 0.1) is 0 Å². The Balaban J connectivity index is 1.53. The fraction of sp³-hybridized carbons (Fsp3) is 0.154. The van der Waals surface area contributed by atoms with Crippen LogP contribution in [0.3, 0.4) is 0 Å². The van der Waals surface area contributed by atoms with Gasteiger partial charge in [-0.1, -0.05) is 23.2 Å². The molecule has 0 aromatic heterocycles. The van der Waals surface area contributed by atoms with Crippen molar-refractivity contribution in [3.8, 4) is 17.2 Å². The molecule has 0 spiro atoms. The van der Waals surface area contributed by atoms with Gasteiger partial charge in [-0.15, -0.1) is 0 Å². The Hall–Kier alpha value is -4.08. The Labute approximate surface area is 223 Å². The minimum absolute atomic E-state index is 0.149. The highest BCUT2D eigenvalue weighted by atomic mass is 35.5. The molecule has 0 heterocycles. The Kier molecular flexibility index (Phi) is 9.88. The maximum Gasteiger partial charge on any atom is 0.345 e. The van der Waals surface area contributed by atoms with Crippen LogP contribution in [-0.2, 0) is 4.79 Å². The number of hydrogen-bond acceptors (Lipinski definition) is 7. The van der Waals surface area contributed by atoms with Crippen LogP contribution in [0.1, 0.15) is 33.2 Å². The summed E-state index contributed by atoms with van der Waals surface area (Å²) in [6.07, 6.45) is 1.37. The second kappa shape index (κ2) is 13.3. The Morgan fingerprint density at radius 2 is 1.73 bits per heavy atom. The minimum Gasteiger partial charge on any atom is -0.494 e. The molecule has 2 N–H and O–H groups in total. The van der Waals surface area contributed by atoms with Gasteiger partial charge in [-0.25, -0.2) is 10.2 Å². The number of esters is 1. The third kappa shape index (κ3) is 7.96. The molecule has 9 nitrogen and oxygen atoms in total. The van der Waals surface area contributed by atoms with Gasteiger partial charge in [0.1, 0.15) is 5.75 Å². The quantitative estimate of drug-likeness (QED) is 0.168. The Morgan fingerprint density at radius 1 is 0.973 bits per heavy atom. The molecule has 37 heavy (non-hydrogen) atoms. The summed E-state index contributed by atoms with van der Waals surface area (Å²) in [5.41, 5.74) is 3.42. The van der Waals surface area contributed by atoms with Crippen molar-refractivity contribution in [3.63, 3.8) is 0 Å². The van der Waals surface area contributed by atoms with Gasteiger partial charge in [0.2, 0.25) is 0 Å². The zero-order valence-corrected chi connectivity index (χ0v) is 21.4. The average Bonchev–Trinajstić information content (AvgIpc) is 2.88. The largest absolute Gasteiger partial charge is 0.494 e. The zero-order chi connectivity index (χ0) is 26.8. The van der Waals surface area contributed by atoms with E-state index in [0.717, 1.165) is 0 Å². The molecule has 192 valence electrons. The molecule has 3 aromatic carbocycles. The molecular weight excluding hydrogens is 521 g/mol. The van der Waals surface area contributed by atoms with Crippen LogP contribution in [0.5, 0.6) is 17.2 Å². The number of ether oxygens (including phenoxy) is 3. The fourth-order valence-corrected chi connectivity index (χ4v) is 3.49. The van der Waals surface area contributed by atoms with E-state index in [-0.39, 0.29) is 28.6 Å². The molecule has 0 saturated heterocycles. The van der Waals surface area contributed by atoms with Crippen LogP contribution >= 0.6 is 23.2 Å². The molecule has 2 amide bonds. The lowest BCUT2D eigenvalue weighted by Gasteiger charge is -2.10. The number of nitrogens with one attached hydrogen (secondary N) is 2. The predicted octanol–water partition coefficient (Wildman–Crippen LogP) is 4.50. The van der Waals surface area contributed by atoms with Crippen molar-refractivity contribution >= 4 is 47.2 Å². The summed E-state index contributed by atoms with van der Waals surface area (Å²) in [5.74, 6) is -0.529. The molecule has 0 atom stereocenters. The molecule has 0 saturated carbocycles. The van der Waals surface area contributed by atoms with Gasteiger partial charge >= 0.3 is 5.97 Å². The van der Waals surface area contributed by atoms with E-state index in [1.165, 1.54) is 37.6 Å². The number of halogens is 2. The summed E-state index contributed by atoms with van der Waals surface area (Å²) in [5, 5.41) is 6.94. The standard InChI is InChI=1S/C26H23Cl2N3O6/c1-3-36-19-8-5-17(6-9-19)25(33)29-15-24(32)31-30-14-16-4-11-22(23(12-16)35-2)37-26(34)20-10-7-18(27)13-21(20)28/h4-14H,3,15H2,1-2H3,(H,29,33)(H,31,32)/b30-14-. The van der Waals surface area contributed by atoms with Crippen molar-refractivity contribution in [1.82, 2.24) is 10.7 Å². The fourth-order valence-electron chi connectivity index (χ4n) is 3.01. The molecule has 0 unspecified atom stereocenters. The second-order valence-electron chi connectivity index (χ2n) is 7.36. The van der Waals surface area contributed by atoms with Crippen LogP contribution in [-0.4, -0.2) is 44.3 Å². The first-order valence-electron chi connectivity index (χ1n) is 11.0. The number of amides is 2. The van der Waals surface area contributed by atoms with Gasteiger partial charge in [-0.2, -0.15) is 5.10 Å². The third-order valence-corrected chi connectivity index (χ3v) is 5.33.